The number of rotatable bonds is 4. The molecule has 0 atom stereocenters. The number of anilines is 2. The van der Waals surface area contributed by atoms with E-state index >= 15 is 0 Å². The average Bonchev–Trinajstić information content (AvgIpc) is 3.30. The molecule has 1 saturated carbocycles. The molecule has 0 radical (unpaired) electrons. The van der Waals surface area contributed by atoms with Gasteiger partial charge in [0, 0.05) is 37.2 Å². The van der Waals surface area contributed by atoms with Crippen LogP contribution >= 0.6 is 11.3 Å². The number of amides is 2. The minimum atomic E-state index is -0.648. The van der Waals surface area contributed by atoms with Crippen molar-refractivity contribution in [2.45, 2.75) is 24.9 Å². The maximum Gasteiger partial charge on any atom is 0.323 e. The van der Waals surface area contributed by atoms with Crippen LogP contribution in [0.4, 0.5) is 16.3 Å². The Hall–Kier alpha value is -3.34. The number of benzene rings is 2. The number of carbonyl (C=O) groups is 1. The number of aliphatic hydroxyl groups is 1. The quantitative estimate of drug-likeness (QED) is 0.564. The third-order valence-corrected chi connectivity index (χ3v) is 7.35. The molecule has 2 fully saturated rings. The first-order valence-corrected chi connectivity index (χ1v) is 12.1. The largest absolute Gasteiger partial charge is 0.385 e. The molecule has 0 spiro atoms. The van der Waals surface area contributed by atoms with Gasteiger partial charge in [0.25, 0.3) is 0 Å². The van der Waals surface area contributed by atoms with E-state index in [4.69, 9.17) is 6.42 Å². The topological polar surface area (TPSA) is 68.7 Å². The van der Waals surface area contributed by atoms with Crippen molar-refractivity contribution < 1.29 is 9.90 Å². The fourth-order valence-electron chi connectivity index (χ4n) is 4.41. The SMILES string of the molecule is C#Cc1nc(NC(=O)N2CCN(c3ccc(-c4cccc(C5(O)CCC5)c4)cc3)CC2)cs1. The van der Waals surface area contributed by atoms with E-state index in [0.717, 1.165) is 54.7 Å². The maximum atomic E-state index is 12.5. The smallest absolute Gasteiger partial charge is 0.323 e. The Morgan fingerprint density at radius 1 is 1.09 bits per heavy atom. The number of carbonyl (C=O) groups excluding carboxylic acids is 1. The second-order valence-electron chi connectivity index (χ2n) is 8.60. The minimum Gasteiger partial charge on any atom is -0.385 e. The number of nitrogens with one attached hydrogen (secondary N) is 1. The number of hydrogen-bond acceptors (Lipinski definition) is 5. The molecule has 1 aromatic heterocycles. The lowest BCUT2D eigenvalue weighted by atomic mass is 9.74. The molecule has 2 aliphatic rings. The van der Waals surface area contributed by atoms with Crippen LogP contribution in [0.25, 0.3) is 11.1 Å². The zero-order chi connectivity index (χ0) is 22.8. The number of hydrogen-bond donors (Lipinski definition) is 2. The van der Waals surface area contributed by atoms with Gasteiger partial charge in [0.2, 0.25) is 0 Å². The van der Waals surface area contributed by atoms with Gasteiger partial charge < -0.3 is 14.9 Å². The van der Waals surface area contributed by atoms with E-state index in [0.29, 0.717) is 23.9 Å². The molecule has 7 heteroatoms. The highest BCUT2D eigenvalue weighted by molar-refractivity contribution is 7.10. The van der Waals surface area contributed by atoms with Crippen LogP contribution in [0.1, 0.15) is 29.8 Å². The monoisotopic (exact) mass is 458 g/mol. The number of aromatic nitrogens is 1. The highest BCUT2D eigenvalue weighted by Crippen LogP contribution is 2.42. The zero-order valence-corrected chi connectivity index (χ0v) is 19.1. The van der Waals surface area contributed by atoms with Crippen molar-refractivity contribution in [2.24, 2.45) is 0 Å². The summed E-state index contributed by atoms with van der Waals surface area (Å²) in [5.74, 6) is 2.98. The van der Waals surface area contributed by atoms with Gasteiger partial charge in [-0.05, 0) is 60.1 Å². The molecule has 5 rings (SSSR count). The predicted octanol–water partition coefficient (Wildman–Crippen LogP) is 4.52. The van der Waals surface area contributed by atoms with E-state index in [-0.39, 0.29) is 6.03 Å². The maximum absolute atomic E-state index is 12.5. The molecule has 1 aliphatic carbocycles. The van der Waals surface area contributed by atoms with Crippen molar-refractivity contribution >= 4 is 28.9 Å². The van der Waals surface area contributed by atoms with Gasteiger partial charge in [0.15, 0.2) is 5.01 Å². The number of thiazole rings is 1. The Labute approximate surface area is 197 Å². The lowest BCUT2D eigenvalue weighted by Crippen LogP contribution is -2.50. The molecular weight excluding hydrogens is 432 g/mol. The first kappa shape index (κ1) is 21.5. The second-order valence-corrected chi connectivity index (χ2v) is 9.46. The minimum absolute atomic E-state index is 0.146. The van der Waals surface area contributed by atoms with E-state index in [1.165, 1.54) is 11.3 Å². The van der Waals surface area contributed by atoms with Crippen LogP contribution in [0.15, 0.2) is 53.9 Å². The number of nitrogens with zero attached hydrogens (tertiary/aromatic N) is 3. The summed E-state index contributed by atoms with van der Waals surface area (Å²) in [4.78, 5) is 20.8. The van der Waals surface area contributed by atoms with E-state index in [2.05, 4.69) is 57.5 Å². The first-order chi connectivity index (χ1) is 16.0. The Morgan fingerprint density at radius 2 is 1.85 bits per heavy atom. The molecule has 0 bridgehead atoms. The Bertz CT molecular complexity index is 1190. The zero-order valence-electron chi connectivity index (χ0n) is 18.3. The first-order valence-electron chi connectivity index (χ1n) is 11.2. The van der Waals surface area contributed by atoms with Crippen LogP contribution in [-0.4, -0.2) is 47.2 Å². The van der Waals surface area contributed by atoms with Crippen molar-refractivity contribution in [2.75, 3.05) is 36.4 Å². The highest BCUT2D eigenvalue weighted by atomic mass is 32.1. The van der Waals surface area contributed by atoms with E-state index < -0.39 is 5.60 Å². The van der Waals surface area contributed by atoms with Gasteiger partial charge in [-0.3, -0.25) is 5.32 Å². The van der Waals surface area contributed by atoms with Crippen molar-refractivity contribution in [3.05, 3.63) is 64.5 Å². The highest BCUT2D eigenvalue weighted by Gasteiger charge is 2.36. The summed E-state index contributed by atoms with van der Waals surface area (Å²) in [5, 5.41) is 15.8. The third kappa shape index (κ3) is 4.45. The molecule has 2 aromatic carbocycles. The standard InChI is InChI=1S/C26H26N4O2S/c1-2-24-27-23(18-33-24)28-25(31)30-15-13-29(14-16-30)22-9-7-19(8-10-22)20-5-3-6-21(17-20)26(32)11-4-12-26/h1,3,5-10,17-18,32H,4,11-16H2,(H,28,31). The van der Waals surface area contributed by atoms with Crippen molar-refractivity contribution in [3.63, 3.8) is 0 Å². The number of piperazine rings is 1. The number of urea groups is 1. The summed E-state index contributed by atoms with van der Waals surface area (Å²) in [6.45, 7) is 2.81. The molecule has 2 heterocycles. The summed E-state index contributed by atoms with van der Waals surface area (Å²) >= 11 is 1.34. The third-order valence-electron chi connectivity index (χ3n) is 6.58. The molecule has 1 saturated heterocycles. The predicted molar refractivity (Wildman–Crippen MR) is 132 cm³/mol. The van der Waals surface area contributed by atoms with Crippen LogP contribution in [-0.2, 0) is 5.60 Å². The van der Waals surface area contributed by atoms with E-state index in [1.807, 2.05) is 12.1 Å². The van der Waals surface area contributed by atoms with E-state index in [1.54, 1.807) is 10.3 Å². The van der Waals surface area contributed by atoms with Crippen molar-refractivity contribution in [3.8, 4) is 23.5 Å². The molecule has 1 aliphatic heterocycles. The van der Waals surface area contributed by atoms with Gasteiger partial charge in [-0.2, -0.15) is 0 Å². The van der Waals surface area contributed by atoms with Crippen molar-refractivity contribution in [1.29, 1.82) is 0 Å². The van der Waals surface area contributed by atoms with Crippen LogP contribution in [0.5, 0.6) is 0 Å². The van der Waals surface area contributed by atoms with Crippen LogP contribution < -0.4 is 10.2 Å². The molecule has 3 aromatic rings. The van der Waals surface area contributed by atoms with Gasteiger partial charge in [-0.15, -0.1) is 17.8 Å². The Morgan fingerprint density at radius 3 is 2.48 bits per heavy atom. The molecule has 33 heavy (non-hydrogen) atoms. The Balaban J connectivity index is 1.19. The van der Waals surface area contributed by atoms with Crippen LogP contribution in [0, 0.1) is 12.3 Å². The molecule has 2 amide bonds. The lowest BCUT2D eigenvalue weighted by molar-refractivity contribution is -0.0387. The molecule has 2 N–H and O–H groups in total. The van der Waals surface area contributed by atoms with Gasteiger partial charge in [0.1, 0.15) is 5.82 Å². The van der Waals surface area contributed by atoms with E-state index in [9.17, 15) is 9.90 Å². The van der Waals surface area contributed by atoms with Gasteiger partial charge in [-0.1, -0.05) is 30.3 Å². The van der Waals surface area contributed by atoms with Crippen LogP contribution in [0.2, 0.25) is 0 Å². The lowest BCUT2D eigenvalue weighted by Gasteiger charge is -2.37. The van der Waals surface area contributed by atoms with Gasteiger partial charge >= 0.3 is 6.03 Å². The normalized spacial score (nSPS) is 17.2. The summed E-state index contributed by atoms with van der Waals surface area (Å²) < 4.78 is 0. The summed E-state index contributed by atoms with van der Waals surface area (Å²) in [6, 6.07) is 16.6. The Kier molecular flexibility index (Phi) is 5.79. The number of terminal acetylenes is 1. The fraction of sp³-hybridized carbons (Fsp3) is 0.308. The van der Waals surface area contributed by atoms with Crippen LogP contribution in [0.3, 0.4) is 0 Å². The van der Waals surface area contributed by atoms with Crippen molar-refractivity contribution in [1.82, 2.24) is 9.88 Å². The van der Waals surface area contributed by atoms with Gasteiger partial charge in [0.05, 0.1) is 5.60 Å². The fourth-order valence-corrected chi connectivity index (χ4v) is 4.96. The molecule has 0 unspecified atom stereocenters. The van der Waals surface area contributed by atoms with Gasteiger partial charge in [-0.25, -0.2) is 9.78 Å². The second kappa shape index (κ2) is 8.89. The summed E-state index contributed by atoms with van der Waals surface area (Å²) in [6.07, 6.45) is 8.11. The summed E-state index contributed by atoms with van der Waals surface area (Å²) in [7, 11) is 0. The molecular formula is C26H26N4O2S. The molecule has 168 valence electrons. The summed E-state index contributed by atoms with van der Waals surface area (Å²) in [5.41, 5.74) is 3.76. The average molecular weight is 459 g/mol. The molecule has 6 nitrogen and oxygen atoms in total.